The Bertz CT molecular complexity index is 602. The van der Waals surface area contributed by atoms with Gasteiger partial charge >= 0.3 is 0 Å². The summed E-state index contributed by atoms with van der Waals surface area (Å²) in [4.78, 5) is 0. The number of aromatic nitrogens is 2. The van der Waals surface area contributed by atoms with Gasteiger partial charge in [-0.25, -0.2) is 0 Å². The molecule has 0 fully saturated rings. The monoisotopic (exact) mass is 244 g/mol. The molecule has 0 saturated carbocycles. The zero-order chi connectivity index (χ0) is 12.7. The number of hydrogen-bond donors (Lipinski definition) is 2. The molecule has 94 valence electrons. The van der Waals surface area contributed by atoms with Crippen molar-refractivity contribution in [2.75, 3.05) is 6.61 Å². The van der Waals surface area contributed by atoms with Crippen molar-refractivity contribution >= 4 is 0 Å². The van der Waals surface area contributed by atoms with Crippen LogP contribution in [0, 0.1) is 6.92 Å². The molecular formula is C14H16N2O2. The summed E-state index contributed by atoms with van der Waals surface area (Å²) >= 11 is 0. The van der Waals surface area contributed by atoms with Crippen LogP contribution in [0.1, 0.15) is 16.8 Å². The average molecular weight is 244 g/mol. The SMILES string of the molecule is Cc1c2c(nn1CCO)-c1ccc(O)cc1CC2. The normalized spacial score (nSPS) is 13.2. The molecule has 18 heavy (non-hydrogen) atoms. The molecule has 0 amide bonds. The van der Waals surface area contributed by atoms with Gasteiger partial charge in [-0.05, 0) is 43.5 Å². The molecule has 1 aliphatic carbocycles. The Morgan fingerprint density at radius 1 is 1.33 bits per heavy atom. The fraction of sp³-hybridized carbons (Fsp3) is 0.357. The van der Waals surface area contributed by atoms with E-state index < -0.39 is 0 Å². The van der Waals surface area contributed by atoms with Gasteiger partial charge in [-0.2, -0.15) is 5.10 Å². The number of aromatic hydroxyl groups is 1. The molecule has 2 N–H and O–H groups in total. The summed E-state index contributed by atoms with van der Waals surface area (Å²) in [5.74, 6) is 0.309. The molecule has 3 rings (SSSR count). The van der Waals surface area contributed by atoms with Crippen LogP contribution in [0.4, 0.5) is 0 Å². The smallest absolute Gasteiger partial charge is 0.115 e. The third kappa shape index (κ3) is 1.61. The Morgan fingerprint density at radius 3 is 2.94 bits per heavy atom. The summed E-state index contributed by atoms with van der Waals surface area (Å²) in [7, 11) is 0. The minimum Gasteiger partial charge on any atom is -0.508 e. The summed E-state index contributed by atoms with van der Waals surface area (Å²) in [6, 6.07) is 5.45. The standard InChI is InChI=1S/C14H16N2O2/c1-9-12-4-2-10-8-11(18)3-5-13(10)14(12)15-16(9)6-7-17/h3,5,8,17-18H,2,4,6-7H2,1H3. The quantitative estimate of drug-likeness (QED) is 0.844. The molecule has 1 aromatic heterocycles. The molecule has 1 heterocycles. The van der Waals surface area contributed by atoms with Crippen LogP contribution in [0.5, 0.6) is 5.75 Å². The van der Waals surface area contributed by atoms with E-state index in [1.165, 1.54) is 5.56 Å². The van der Waals surface area contributed by atoms with E-state index in [1.54, 1.807) is 6.07 Å². The number of phenols is 1. The second-order valence-corrected chi connectivity index (χ2v) is 4.70. The maximum absolute atomic E-state index is 9.52. The summed E-state index contributed by atoms with van der Waals surface area (Å²) in [6.07, 6.45) is 1.88. The number of aliphatic hydroxyl groups is 1. The Hall–Kier alpha value is -1.81. The van der Waals surface area contributed by atoms with Crippen molar-refractivity contribution in [3.63, 3.8) is 0 Å². The Balaban J connectivity index is 2.15. The number of phenolic OH excluding ortho intramolecular Hbond substituents is 1. The van der Waals surface area contributed by atoms with E-state index in [9.17, 15) is 5.11 Å². The van der Waals surface area contributed by atoms with Crippen LogP contribution < -0.4 is 0 Å². The van der Waals surface area contributed by atoms with E-state index in [-0.39, 0.29) is 6.61 Å². The third-order valence-corrected chi connectivity index (χ3v) is 3.63. The van der Waals surface area contributed by atoms with Crippen LogP contribution in [0.2, 0.25) is 0 Å². The van der Waals surface area contributed by atoms with Crippen LogP contribution >= 0.6 is 0 Å². The fourth-order valence-electron chi connectivity index (χ4n) is 2.69. The molecule has 0 radical (unpaired) electrons. The lowest BCUT2D eigenvalue weighted by Gasteiger charge is -2.15. The van der Waals surface area contributed by atoms with E-state index in [0.717, 1.165) is 35.4 Å². The molecule has 1 aliphatic rings. The van der Waals surface area contributed by atoms with Crippen molar-refractivity contribution in [1.82, 2.24) is 9.78 Å². The zero-order valence-corrected chi connectivity index (χ0v) is 10.3. The van der Waals surface area contributed by atoms with Crippen LogP contribution in [0.25, 0.3) is 11.3 Å². The Labute approximate surface area is 106 Å². The molecule has 0 spiro atoms. The highest BCUT2D eigenvalue weighted by molar-refractivity contribution is 5.71. The predicted octanol–water partition coefficient (Wildman–Crippen LogP) is 1.66. The lowest BCUT2D eigenvalue weighted by molar-refractivity contribution is 0.268. The molecule has 0 bridgehead atoms. The van der Waals surface area contributed by atoms with Crippen LogP contribution in [-0.2, 0) is 19.4 Å². The highest BCUT2D eigenvalue weighted by Gasteiger charge is 2.22. The van der Waals surface area contributed by atoms with Gasteiger partial charge in [0.2, 0.25) is 0 Å². The first kappa shape index (κ1) is 11.3. The second kappa shape index (κ2) is 4.14. The molecular weight excluding hydrogens is 228 g/mol. The van der Waals surface area contributed by atoms with Gasteiger partial charge in [0.15, 0.2) is 0 Å². The first-order valence-electron chi connectivity index (χ1n) is 6.20. The predicted molar refractivity (Wildman–Crippen MR) is 68.6 cm³/mol. The van der Waals surface area contributed by atoms with Crippen molar-refractivity contribution < 1.29 is 10.2 Å². The summed E-state index contributed by atoms with van der Waals surface area (Å²) < 4.78 is 1.87. The van der Waals surface area contributed by atoms with Gasteiger partial charge < -0.3 is 10.2 Å². The van der Waals surface area contributed by atoms with Crippen LogP contribution in [-0.4, -0.2) is 26.6 Å². The van der Waals surface area contributed by atoms with Crippen molar-refractivity contribution in [2.24, 2.45) is 0 Å². The maximum Gasteiger partial charge on any atom is 0.115 e. The molecule has 0 atom stereocenters. The second-order valence-electron chi connectivity index (χ2n) is 4.70. The molecule has 4 nitrogen and oxygen atoms in total. The Morgan fingerprint density at radius 2 is 2.17 bits per heavy atom. The summed E-state index contributed by atoms with van der Waals surface area (Å²) in [5.41, 5.74) is 5.66. The third-order valence-electron chi connectivity index (χ3n) is 3.63. The largest absolute Gasteiger partial charge is 0.508 e. The highest BCUT2D eigenvalue weighted by atomic mass is 16.3. The van der Waals surface area contributed by atoms with Gasteiger partial charge in [0.05, 0.1) is 18.8 Å². The first-order valence-corrected chi connectivity index (χ1v) is 6.20. The van der Waals surface area contributed by atoms with E-state index >= 15 is 0 Å². The summed E-state index contributed by atoms with van der Waals surface area (Å²) in [6.45, 7) is 2.68. The number of nitrogens with zero attached hydrogens (tertiary/aromatic N) is 2. The molecule has 4 heteroatoms. The molecule has 0 aliphatic heterocycles. The van der Waals surface area contributed by atoms with Crippen LogP contribution in [0.3, 0.4) is 0 Å². The lowest BCUT2D eigenvalue weighted by atomic mass is 9.89. The molecule has 0 unspecified atom stereocenters. The van der Waals surface area contributed by atoms with E-state index in [2.05, 4.69) is 5.10 Å². The fourth-order valence-corrected chi connectivity index (χ4v) is 2.69. The van der Waals surface area contributed by atoms with Gasteiger partial charge in [0, 0.05) is 16.8 Å². The van der Waals surface area contributed by atoms with Crippen LogP contribution in [0.15, 0.2) is 18.2 Å². The van der Waals surface area contributed by atoms with E-state index in [0.29, 0.717) is 12.3 Å². The average Bonchev–Trinajstić information content (AvgIpc) is 2.67. The van der Waals surface area contributed by atoms with Crippen molar-refractivity contribution in [3.05, 3.63) is 35.0 Å². The van der Waals surface area contributed by atoms with E-state index in [4.69, 9.17) is 5.11 Å². The lowest BCUT2D eigenvalue weighted by Crippen LogP contribution is -2.06. The summed E-state index contributed by atoms with van der Waals surface area (Å²) in [5, 5.41) is 23.2. The number of benzene rings is 1. The van der Waals surface area contributed by atoms with Gasteiger partial charge in [0.25, 0.3) is 0 Å². The number of rotatable bonds is 2. The van der Waals surface area contributed by atoms with Crippen molar-refractivity contribution in [1.29, 1.82) is 0 Å². The van der Waals surface area contributed by atoms with Gasteiger partial charge in [-0.1, -0.05) is 0 Å². The minimum atomic E-state index is 0.101. The van der Waals surface area contributed by atoms with Gasteiger partial charge in [0.1, 0.15) is 5.75 Å². The topological polar surface area (TPSA) is 58.3 Å². The number of aliphatic hydroxyl groups excluding tert-OH is 1. The Kier molecular flexibility index (Phi) is 2.59. The van der Waals surface area contributed by atoms with Crippen molar-refractivity contribution in [2.45, 2.75) is 26.3 Å². The molecule has 1 aromatic carbocycles. The minimum absolute atomic E-state index is 0.101. The van der Waals surface area contributed by atoms with Gasteiger partial charge in [-0.3, -0.25) is 4.68 Å². The van der Waals surface area contributed by atoms with E-state index in [1.807, 2.05) is 23.7 Å². The van der Waals surface area contributed by atoms with Crippen molar-refractivity contribution in [3.8, 4) is 17.0 Å². The van der Waals surface area contributed by atoms with Gasteiger partial charge in [-0.15, -0.1) is 0 Å². The number of aryl methyl sites for hydroxylation is 1. The number of hydrogen-bond acceptors (Lipinski definition) is 3. The molecule has 2 aromatic rings. The number of fused-ring (bicyclic) bond motifs is 3. The molecule has 0 saturated heterocycles. The first-order chi connectivity index (χ1) is 8.70. The highest BCUT2D eigenvalue weighted by Crippen LogP contribution is 2.35. The maximum atomic E-state index is 9.52. The zero-order valence-electron chi connectivity index (χ0n) is 10.3.